The maximum Gasteiger partial charge on any atom is 0.259 e. The largest absolute Gasteiger partial charge is 0.376 e. The molecule has 22 heavy (non-hydrogen) atoms. The second kappa shape index (κ2) is 7.88. The van der Waals surface area contributed by atoms with Crippen molar-refractivity contribution in [1.29, 1.82) is 0 Å². The number of halogens is 1. The molecular weight excluding hydrogens is 391 g/mol. The summed E-state index contributed by atoms with van der Waals surface area (Å²) in [7, 11) is 0. The van der Waals surface area contributed by atoms with E-state index in [1.54, 1.807) is 0 Å². The Balaban J connectivity index is 1.83. The van der Waals surface area contributed by atoms with Crippen LogP contribution < -0.4 is 10.7 Å². The molecule has 0 aliphatic rings. The molecule has 2 rings (SSSR count). The van der Waals surface area contributed by atoms with E-state index in [1.165, 1.54) is 9.78 Å². The summed E-state index contributed by atoms with van der Waals surface area (Å²) in [4.78, 5) is 16.0. The first kappa shape index (κ1) is 16.4. The summed E-state index contributed by atoms with van der Waals surface area (Å²) >= 11 is 2.26. The fourth-order valence-corrected chi connectivity index (χ4v) is 2.49. The van der Waals surface area contributed by atoms with Crippen LogP contribution in [-0.4, -0.2) is 23.7 Å². The van der Waals surface area contributed by atoms with Crippen molar-refractivity contribution in [2.24, 2.45) is 5.10 Å². The molecule has 0 saturated carbocycles. The first-order valence-electron chi connectivity index (χ1n) is 6.80. The SMILES string of the molecule is Cc1cccc(C=NNC(=O)CNc2ccc(I)cc2C)n1. The highest BCUT2D eigenvalue weighted by atomic mass is 127. The van der Waals surface area contributed by atoms with Crippen molar-refractivity contribution in [3.63, 3.8) is 0 Å². The molecule has 1 amide bonds. The molecule has 0 radical (unpaired) electrons. The van der Waals surface area contributed by atoms with Crippen LogP contribution in [0.15, 0.2) is 41.5 Å². The number of amides is 1. The summed E-state index contributed by atoms with van der Waals surface area (Å²) in [5, 5.41) is 7.00. The lowest BCUT2D eigenvalue weighted by Gasteiger charge is -2.08. The minimum absolute atomic E-state index is 0.167. The highest BCUT2D eigenvalue weighted by Gasteiger charge is 2.02. The number of carbonyl (C=O) groups is 1. The smallest absolute Gasteiger partial charge is 0.259 e. The van der Waals surface area contributed by atoms with Gasteiger partial charge in [0.15, 0.2) is 0 Å². The number of nitrogens with zero attached hydrogens (tertiary/aromatic N) is 2. The molecular formula is C16H17IN4O. The van der Waals surface area contributed by atoms with E-state index in [4.69, 9.17) is 0 Å². The van der Waals surface area contributed by atoms with Gasteiger partial charge in [0.25, 0.3) is 5.91 Å². The van der Waals surface area contributed by atoms with Gasteiger partial charge in [0, 0.05) is 15.0 Å². The van der Waals surface area contributed by atoms with E-state index < -0.39 is 0 Å². The van der Waals surface area contributed by atoms with Crippen LogP contribution in [0, 0.1) is 17.4 Å². The summed E-state index contributed by atoms with van der Waals surface area (Å²) in [5.41, 5.74) is 6.14. The summed E-state index contributed by atoms with van der Waals surface area (Å²) < 4.78 is 1.17. The van der Waals surface area contributed by atoms with Crippen LogP contribution in [0.1, 0.15) is 17.0 Å². The van der Waals surface area contributed by atoms with Gasteiger partial charge in [0.2, 0.25) is 0 Å². The molecule has 5 nitrogen and oxygen atoms in total. The third-order valence-electron chi connectivity index (χ3n) is 2.92. The Morgan fingerprint density at radius 1 is 1.32 bits per heavy atom. The van der Waals surface area contributed by atoms with Crippen molar-refractivity contribution in [3.05, 3.63) is 56.9 Å². The minimum Gasteiger partial charge on any atom is -0.376 e. The number of nitrogens with one attached hydrogen (secondary N) is 2. The fraction of sp³-hybridized carbons (Fsp3) is 0.188. The molecule has 1 heterocycles. The van der Waals surface area contributed by atoms with Gasteiger partial charge in [-0.2, -0.15) is 5.10 Å². The zero-order chi connectivity index (χ0) is 15.9. The molecule has 0 spiro atoms. The predicted molar refractivity (Wildman–Crippen MR) is 97.1 cm³/mol. The van der Waals surface area contributed by atoms with Gasteiger partial charge in [0.1, 0.15) is 0 Å². The molecule has 0 saturated heterocycles. The van der Waals surface area contributed by atoms with Gasteiger partial charge in [-0.25, -0.2) is 5.43 Å². The quantitative estimate of drug-likeness (QED) is 0.454. The number of hydrazone groups is 1. The lowest BCUT2D eigenvalue weighted by Crippen LogP contribution is -2.26. The van der Waals surface area contributed by atoms with Crippen molar-refractivity contribution in [2.45, 2.75) is 13.8 Å². The van der Waals surface area contributed by atoms with Crippen LogP contribution in [0.2, 0.25) is 0 Å². The molecule has 1 aromatic carbocycles. The van der Waals surface area contributed by atoms with Gasteiger partial charge in [-0.3, -0.25) is 9.78 Å². The van der Waals surface area contributed by atoms with Crippen molar-refractivity contribution >= 4 is 40.4 Å². The maximum absolute atomic E-state index is 11.7. The second-order valence-corrected chi connectivity index (χ2v) is 6.06. The Labute approximate surface area is 143 Å². The zero-order valence-corrected chi connectivity index (χ0v) is 14.6. The van der Waals surface area contributed by atoms with Crippen LogP contribution >= 0.6 is 22.6 Å². The summed E-state index contributed by atoms with van der Waals surface area (Å²) in [6.07, 6.45) is 1.53. The van der Waals surface area contributed by atoms with E-state index in [9.17, 15) is 4.79 Å². The van der Waals surface area contributed by atoms with E-state index in [-0.39, 0.29) is 12.5 Å². The fourth-order valence-electron chi connectivity index (χ4n) is 1.85. The number of benzene rings is 1. The van der Waals surface area contributed by atoms with Crippen molar-refractivity contribution in [1.82, 2.24) is 10.4 Å². The number of rotatable bonds is 5. The summed E-state index contributed by atoms with van der Waals surface area (Å²) in [6, 6.07) is 11.6. The highest BCUT2D eigenvalue weighted by Crippen LogP contribution is 2.17. The molecule has 2 aromatic rings. The number of anilines is 1. The zero-order valence-electron chi connectivity index (χ0n) is 12.4. The van der Waals surface area contributed by atoms with E-state index in [2.05, 4.69) is 49.5 Å². The summed E-state index contributed by atoms with van der Waals surface area (Å²) in [6.45, 7) is 4.08. The first-order valence-corrected chi connectivity index (χ1v) is 7.88. The summed E-state index contributed by atoms with van der Waals surface area (Å²) in [5.74, 6) is -0.207. The lowest BCUT2D eigenvalue weighted by molar-refractivity contribution is -0.119. The standard InChI is InChI=1S/C16H17IN4O/c1-11-8-13(17)6-7-15(11)18-10-16(22)21-19-9-14-5-3-4-12(2)20-14/h3-9,18H,10H2,1-2H3,(H,21,22). The van der Waals surface area contributed by atoms with E-state index >= 15 is 0 Å². The Hall–Kier alpha value is -1.96. The number of carbonyl (C=O) groups excluding carboxylic acids is 1. The Morgan fingerprint density at radius 3 is 2.86 bits per heavy atom. The Bertz CT molecular complexity index is 700. The average Bonchev–Trinajstić information content (AvgIpc) is 2.46. The van der Waals surface area contributed by atoms with Crippen LogP contribution in [0.25, 0.3) is 0 Å². The van der Waals surface area contributed by atoms with E-state index in [1.807, 2.05) is 44.2 Å². The second-order valence-electron chi connectivity index (χ2n) is 4.81. The van der Waals surface area contributed by atoms with Crippen molar-refractivity contribution in [2.75, 3.05) is 11.9 Å². The molecule has 0 aliphatic carbocycles. The molecule has 114 valence electrons. The Kier molecular flexibility index (Phi) is 5.88. The molecule has 2 N–H and O–H groups in total. The van der Waals surface area contributed by atoms with Crippen molar-refractivity contribution < 1.29 is 4.79 Å². The highest BCUT2D eigenvalue weighted by molar-refractivity contribution is 14.1. The van der Waals surface area contributed by atoms with Crippen LogP contribution in [0.5, 0.6) is 0 Å². The van der Waals surface area contributed by atoms with E-state index in [0.717, 1.165) is 16.9 Å². The molecule has 0 atom stereocenters. The lowest BCUT2D eigenvalue weighted by atomic mass is 10.2. The monoisotopic (exact) mass is 408 g/mol. The van der Waals surface area contributed by atoms with Gasteiger partial charge < -0.3 is 5.32 Å². The van der Waals surface area contributed by atoms with Gasteiger partial charge in [-0.1, -0.05) is 6.07 Å². The van der Waals surface area contributed by atoms with E-state index in [0.29, 0.717) is 5.69 Å². The number of aryl methyl sites for hydroxylation is 2. The molecule has 6 heteroatoms. The number of hydrogen-bond acceptors (Lipinski definition) is 4. The molecule has 1 aromatic heterocycles. The topological polar surface area (TPSA) is 66.4 Å². The third kappa shape index (κ3) is 5.10. The molecule has 0 fully saturated rings. The molecule has 0 aliphatic heterocycles. The van der Waals surface area contributed by atoms with Gasteiger partial charge in [-0.05, 0) is 72.3 Å². The average molecular weight is 408 g/mol. The first-order chi connectivity index (χ1) is 10.5. The molecule has 0 unspecified atom stereocenters. The van der Waals surface area contributed by atoms with Crippen LogP contribution in [-0.2, 0) is 4.79 Å². The van der Waals surface area contributed by atoms with Gasteiger partial charge >= 0.3 is 0 Å². The third-order valence-corrected chi connectivity index (χ3v) is 3.59. The molecule has 0 bridgehead atoms. The minimum atomic E-state index is -0.207. The number of pyridine rings is 1. The Morgan fingerprint density at radius 2 is 2.14 bits per heavy atom. The van der Waals surface area contributed by atoms with Crippen LogP contribution in [0.4, 0.5) is 5.69 Å². The number of hydrogen-bond donors (Lipinski definition) is 2. The van der Waals surface area contributed by atoms with Crippen molar-refractivity contribution in [3.8, 4) is 0 Å². The maximum atomic E-state index is 11.7. The van der Waals surface area contributed by atoms with Gasteiger partial charge in [-0.15, -0.1) is 0 Å². The van der Waals surface area contributed by atoms with Gasteiger partial charge in [0.05, 0.1) is 18.5 Å². The van der Waals surface area contributed by atoms with Crippen LogP contribution in [0.3, 0.4) is 0 Å². The predicted octanol–water partition coefficient (Wildman–Crippen LogP) is 2.87. The normalized spacial score (nSPS) is 10.7. The number of aromatic nitrogens is 1.